The topological polar surface area (TPSA) is 81.4 Å². The quantitative estimate of drug-likeness (QED) is 0.575. The number of amides is 1. The number of benzene rings is 3. The summed E-state index contributed by atoms with van der Waals surface area (Å²) in [5, 5.41) is 2.69. The van der Waals surface area contributed by atoms with E-state index < -0.39 is 6.04 Å². The van der Waals surface area contributed by atoms with Crippen LogP contribution in [0.1, 0.15) is 29.7 Å². The maximum absolute atomic E-state index is 12.1. The van der Waals surface area contributed by atoms with Gasteiger partial charge in [0.2, 0.25) is 5.91 Å². The highest BCUT2D eigenvalue weighted by Gasteiger charge is 2.16. The van der Waals surface area contributed by atoms with Crippen LogP contribution < -0.4 is 15.8 Å². The van der Waals surface area contributed by atoms with Gasteiger partial charge in [-0.05, 0) is 35.7 Å². The first-order valence-electron chi connectivity index (χ1n) is 9.91. The average Bonchev–Trinajstić information content (AvgIpc) is 2.78. The second-order valence-electron chi connectivity index (χ2n) is 7.16. The summed E-state index contributed by atoms with van der Waals surface area (Å²) in [6.07, 6.45) is -0.0132. The van der Waals surface area contributed by atoms with Crippen molar-refractivity contribution < 1.29 is 14.3 Å². The Morgan fingerprint density at radius 2 is 1.40 bits per heavy atom. The molecule has 0 bridgehead atoms. The fourth-order valence-corrected chi connectivity index (χ4v) is 3.02. The van der Waals surface area contributed by atoms with Crippen LogP contribution in [-0.2, 0) is 16.0 Å². The number of ketones is 1. The fourth-order valence-electron chi connectivity index (χ4n) is 3.02. The lowest BCUT2D eigenvalue weighted by atomic mass is 10.0. The molecule has 3 rings (SSSR count). The van der Waals surface area contributed by atoms with Gasteiger partial charge in [-0.15, -0.1) is 0 Å². The molecule has 3 N–H and O–H groups in total. The van der Waals surface area contributed by atoms with E-state index in [1.54, 1.807) is 0 Å². The lowest BCUT2D eigenvalue weighted by Crippen LogP contribution is -2.41. The van der Waals surface area contributed by atoms with E-state index >= 15 is 0 Å². The van der Waals surface area contributed by atoms with E-state index in [0.717, 1.165) is 22.4 Å². The van der Waals surface area contributed by atoms with Gasteiger partial charge in [0.05, 0.1) is 12.5 Å². The largest absolute Gasteiger partial charge is 0.481 e. The molecule has 0 fully saturated rings. The first-order chi connectivity index (χ1) is 14.5. The van der Waals surface area contributed by atoms with Crippen LogP contribution in [0.4, 0.5) is 0 Å². The second-order valence-corrected chi connectivity index (χ2v) is 7.16. The molecule has 0 aliphatic rings. The van der Waals surface area contributed by atoms with Gasteiger partial charge in [0, 0.05) is 6.54 Å². The molecule has 30 heavy (non-hydrogen) atoms. The van der Waals surface area contributed by atoms with Crippen LogP contribution in [0.2, 0.25) is 0 Å². The molecule has 1 amide bonds. The normalized spacial score (nSPS) is 11.7. The zero-order valence-electron chi connectivity index (χ0n) is 17.0. The van der Waals surface area contributed by atoms with E-state index in [1.165, 1.54) is 6.92 Å². The molecule has 0 radical (unpaired) electrons. The van der Waals surface area contributed by atoms with Crippen molar-refractivity contribution in [3.8, 4) is 5.75 Å². The first kappa shape index (κ1) is 21.3. The van der Waals surface area contributed by atoms with E-state index in [9.17, 15) is 9.59 Å². The van der Waals surface area contributed by atoms with Crippen LogP contribution in [-0.4, -0.2) is 24.3 Å². The molecule has 3 aromatic rings. The number of nitrogens with two attached hydrogens (primary N) is 1. The van der Waals surface area contributed by atoms with Crippen molar-refractivity contribution >= 4 is 11.7 Å². The first-order valence-corrected chi connectivity index (χ1v) is 9.91. The van der Waals surface area contributed by atoms with E-state index in [-0.39, 0.29) is 30.8 Å². The van der Waals surface area contributed by atoms with Gasteiger partial charge < -0.3 is 15.8 Å². The summed E-state index contributed by atoms with van der Waals surface area (Å²) in [7, 11) is 0. The van der Waals surface area contributed by atoms with Crippen LogP contribution in [0.3, 0.4) is 0 Å². The third-order valence-electron chi connectivity index (χ3n) is 4.79. The number of Topliss-reactive ketones (excluding diaryl/α,β-unsaturated/α-hetero) is 1. The van der Waals surface area contributed by atoms with Gasteiger partial charge in [-0.25, -0.2) is 0 Å². The van der Waals surface area contributed by atoms with Gasteiger partial charge in [-0.1, -0.05) is 72.8 Å². The summed E-state index contributed by atoms with van der Waals surface area (Å²) in [6, 6.07) is 26.9. The lowest BCUT2D eigenvalue weighted by molar-refractivity contribution is -0.121. The van der Waals surface area contributed by atoms with Crippen LogP contribution >= 0.6 is 0 Å². The van der Waals surface area contributed by atoms with Crippen LogP contribution in [0.5, 0.6) is 5.75 Å². The van der Waals surface area contributed by atoms with E-state index in [0.29, 0.717) is 0 Å². The minimum absolute atomic E-state index is 0.144. The third-order valence-corrected chi connectivity index (χ3v) is 4.79. The Labute approximate surface area is 176 Å². The summed E-state index contributed by atoms with van der Waals surface area (Å²) >= 11 is 0. The van der Waals surface area contributed by atoms with Crippen LogP contribution in [0.15, 0.2) is 84.9 Å². The molecule has 0 heterocycles. The molecule has 0 aromatic heterocycles. The highest BCUT2D eigenvalue weighted by molar-refractivity contribution is 5.83. The predicted octanol–water partition coefficient (Wildman–Crippen LogP) is 3.43. The summed E-state index contributed by atoms with van der Waals surface area (Å²) in [5.41, 5.74) is 8.62. The van der Waals surface area contributed by atoms with Crippen molar-refractivity contribution in [2.45, 2.75) is 25.5 Å². The fraction of sp³-hybridized carbons (Fsp3) is 0.200. The molecule has 3 aromatic carbocycles. The summed E-state index contributed by atoms with van der Waals surface area (Å²) in [4.78, 5) is 23.2. The average molecular weight is 402 g/mol. The number of carbonyl (C=O) groups excluding carboxylic acids is 2. The van der Waals surface area contributed by atoms with Gasteiger partial charge in [-0.3, -0.25) is 9.59 Å². The molecule has 154 valence electrons. The Kier molecular flexibility index (Phi) is 7.35. The Morgan fingerprint density at radius 1 is 0.867 bits per heavy atom. The molecule has 0 saturated heterocycles. The molecule has 1 atom stereocenters. The molecular weight excluding hydrogens is 376 g/mol. The van der Waals surface area contributed by atoms with Gasteiger partial charge in [0.15, 0.2) is 0 Å². The minimum Gasteiger partial charge on any atom is -0.481 e. The number of nitrogens with one attached hydrogen (secondary N) is 1. The lowest BCUT2D eigenvalue weighted by Gasteiger charge is -2.20. The monoisotopic (exact) mass is 402 g/mol. The standard InChI is InChI=1S/C25H26N2O3/c1-18(28)23(26)17-27-24(29)16-19-12-14-22(15-13-19)30-25(20-8-4-2-5-9-20)21-10-6-3-7-11-21/h2-15,23,25H,16-17,26H2,1H3,(H,27,29)/t23-/m0/s1. The Hall–Kier alpha value is -3.44. The van der Waals surface area contributed by atoms with E-state index in [2.05, 4.69) is 5.32 Å². The molecule has 0 unspecified atom stereocenters. The minimum atomic E-state index is -0.669. The summed E-state index contributed by atoms with van der Waals surface area (Å²) in [6.45, 7) is 1.55. The van der Waals surface area contributed by atoms with Gasteiger partial charge in [-0.2, -0.15) is 0 Å². The Balaban J connectivity index is 1.66. The smallest absolute Gasteiger partial charge is 0.224 e. The number of rotatable bonds is 9. The zero-order chi connectivity index (χ0) is 21.3. The molecule has 0 spiro atoms. The highest BCUT2D eigenvalue weighted by atomic mass is 16.5. The highest BCUT2D eigenvalue weighted by Crippen LogP contribution is 2.28. The van der Waals surface area contributed by atoms with Crippen molar-refractivity contribution in [1.29, 1.82) is 0 Å². The van der Waals surface area contributed by atoms with E-state index in [1.807, 2.05) is 84.9 Å². The molecule has 5 nitrogen and oxygen atoms in total. The molecule has 0 aliphatic carbocycles. The van der Waals surface area contributed by atoms with Crippen molar-refractivity contribution in [1.82, 2.24) is 5.32 Å². The zero-order valence-corrected chi connectivity index (χ0v) is 17.0. The molecular formula is C25H26N2O3. The number of hydrogen-bond acceptors (Lipinski definition) is 4. The molecule has 5 heteroatoms. The maximum atomic E-state index is 12.1. The predicted molar refractivity (Wildman–Crippen MR) is 117 cm³/mol. The second kappa shape index (κ2) is 10.4. The summed E-state index contributed by atoms with van der Waals surface area (Å²) < 4.78 is 6.30. The third kappa shape index (κ3) is 6.03. The Bertz CT molecular complexity index is 917. The number of carbonyl (C=O) groups is 2. The SMILES string of the molecule is CC(=O)[C@@H](N)CNC(=O)Cc1ccc(OC(c2ccccc2)c2ccccc2)cc1. The maximum Gasteiger partial charge on any atom is 0.224 e. The van der Waals surface area contributed by atoms with Crippen molar-refractivity contribution in [2.24, 2.45) is 5.73 Å². The van der Waals surface area contributed by atoms with Gasteiger partial charge in [0.25, 0.3) is 0 Å². The summed E-state index contributed by atoms with van der Waals surface area (Å²) in [5.74, 6) is 0.394. The van der Waals surface area contributed by atoms with Crippen molar-refractivity contribution in [3.63, 3.8) is 0 Å². The molecule has 0 saturated carbocycles. The Morgan fingerprint density at radius 3 is 1.90 bits per heavy atom. The molecule has 0 aliphatic heterocycles. The van der Waals surface area contributed by atoms with Crippen molar-refractivity contribution in [2.75, 3.05) is 6.54 Å². The van der Waals surface area contributed by atoms with Crippen LogP contribution in [0, 0.1) is 0 Å². The number of hydrogen-bond donors (Lipinski definition) is 2. The van der Waals surface area contributed by atoms with Crippen LogP contribution in [0.25, 0.3) is 0 Å². The van der Waals surface area contributed by atoms with E-state index in [4.69, 9.17) is 10.5 Å². The number of ether oxygens (including phenoxy) is 1. The van der Waals surface area contributed by atoms with Crippen molar-refractivity contribution in [3.05, 3.63) is 102 Å². The van der Waals surface area contributed by atoms with Gasteiger partial charge >= 0.3 is 0 Å². The van der Waals surface area contributed by atoms with Gasteiger partial charge in [0.1, 0.15) is 17.6 Å².